The normalized spacial score (nSPS) is 14.8. The highest BCUT2D eigenvalue weighted by molar-refractivity contribution is 5.95. The first-order valence-corrected chi connectivity index (χ1v) is 8.03. The van der Waals surface area contributed by atoms with E-state index < -0.39 is 0 Å². The minimum atomic E-state index is -0.0611. The summed E-state index contributed by atoms with van der Waals surface area (Å²) in [7, 11) is 1.54. The third kappa shape index (κ3) is 4.28. The van der Waals surface area contributed by atoms with Crippen LogP contribution in [0.1, 0.15) is 23.7 Å². The largest absolute Gasteiger partial charge is 0.493 e. The highest BCUT2D eigenvalue weighted by Crippen LogP contribution is 2.28. The number of amides is 2. The van der Waals surface area contributed by atoms with Gasteiger partial charge in [0.25, 0.3) is 5.91 Å². The van der Waals surface area contributed by atoms with E-state index in [1.54, 1.807) is 48.1 Å². The van der Waals surface area contributed by atoms with Crippen molar-refractivity contribution < 1.29 is 19.1 Å². The first-order valence-electron chi connectivity index (χ1n) is 8.03. The maximum Gasteiger partial charge on any atom is 0.254 e. The molecule has 1 saturated heterocycles. The average molecular weight is 332 g/mol. The maximum absolute atomic E-state index is 12.7. The van der Waals surface area contributed by atoms with Gasteiger partial charge < -0.3 is 19.3 Å². The Morgan fingerprint density at radius 2 is 1.88 bits per heavy atom. The lowest BCUT2D eigenvalue weighted by molar-refractivity contribution is -0.128. The molecule has 1 aromatic carbocycles. The molecule has 0 atom stereocenters. The summed E-state index contributed by atoms with van der Waals surface area (Å²) in [5, 5.41) is 0. The molecule has 0 aliphatic carbocycles. The van der Waals surface area contributed by atoms with Gasteiger partial charge in [0.1, 0.15) is 6.61 Å². The molecule has 1 heterocycles. The molecule has 1 aromatic rings. The van der Waals surface area contributed by atoms with E-state index in [1.807, 2.05) is 0 Å². The zero-order valence-electron chi connectivity index (χ0n) is 14.3. The van der Waals surface area contributed by atoms with Crippen molar-refractivity contribution in [3.63, 3.8) is 0 Å². The maximum atomic E-state index is 12.7. The van der Waals surface area contributed by atoms with Crippen molar-refractivity contribution in [2.24, 2.45) is 0 Å². The Morgan fingerprint density at radius 3 is 2.54 bits per heavy atom. The van der Waals surface area contributed by atoms with Crippen molar-refractivity contribution in [3.8, 4) is 11.5 Å². The van der Waals surface area contributed by atoms with Gasteiger partial charge >= 0.3 is 0 Å². The van der Waals surface area contributed by atoms with E-state index in [-0.39, 0.29) is 11.8 Å². The number of ether oxygens (including phenoxy) is 2. The van der Waals surface area contributed by atoms with Crippen molar-refractivity contribution in [2.75, 3.05) is 39.9 Å². The van der Waals surface area contributed by atoms with Crippen LogP contribution in [0.3, 0.4) is 0 Å². The van der Waals surface area contributed by atoms with E-state index >= 15 is 0 Å². The van der Waals surface area contributed by atoms with Crippen LogP contribution in [0.25, 0.3) is 0 Å². The fourth-order valence-corrected chi connectivity index (χ4v) is 2.69. The van der Waals surface area contributed by atoms with Crippen LogP contribution in [-0.4, -0.2) is 61.5 Å². The zero-order chi connectivity index (χ0) is 17.5. The van der Waals surface area contributed by atoms with Gasteiger partial charge in [-0.25, -0.2) is 0 Å². The molecule has 0 radical (unpaired) electrons. The summed E-state index contributed by atoms with van der Waals surface area (Å²) in [4.78, 5) is 27.8. The molecular weight excluding hydrogens is 308 g/mol. The van der Waals surface area contributed by atoms with Crippen molar-refractivity contribution in [1.29, 1.82) is 0 Å². The van der Waals surface area contributed by atoms with Gasteiger partial charge in [-0.1, -0.05) is 12.7 Å². The molecule has 2 amide bonds. The van der Waals surface area contributed by atoms with Gasteiger partial charge in [-0.3, -0.25) is 9.59 Å². The second-order valence-electron chi connectivity index (χ2n) is 5.62. The Balaban J connectivity index is 2.11. The Bertz CT molecular complexity index is 615. The summed E-state index contributed by atoms with van der Waals surface area (Å²) < 4.78 is 10.8. The monoisotopic (exact) mass is 332 g/mol. The van der Waals surface area contributed by atoms with E-state index in [0.717, 1.165) is 6.42 Å². The number of methoxy groups -OCH3 is 1. The molecule has 0 bridgehead atoms. The summed E-state index contributed by atoms with van der Waals surface area (Å²) in [5.41, 5.74) is 0.550. The Hall–Kier alpha value is -2.50. The minimum Gasteiger partial charge on any atom is -0.493 e. The van der Waals surface area contributed by atoms with E-state index in [1.165, 1.54) is 0 Å². The van der Waals surface area contributed by atoms with Gasteiger partial charge in [0.15, 0.2) is 11.5 Å². The van der Waals surface area contributed by atoms with Crippen LogP contribution in [0, 0.1) is 0 Å². The summed E-state index contributed by atoms with van der Waals surface area (Å²) in [5.74, 6) is 1.08. The summed E-state index contributed by atoms with van der Waals surface area (Å²) >= 11 is 0. The fraction of sp³-hybridized carbons (Fsp3) is 0.444. The van der Waals surface area contributed by atoms with Crippen LogP contribution >= 0.6 is 0 Å². The first-order chi connectivity index (χ1) is 11.6. The molecule has 0 unspecified atom stereocenters. The number of rotatable bonds is 5. The predicted octanol–water partition coefficient (Wildman–Crippen LogP) is 1.95. The number of carbonyl (C=O) groups is 2. The summed E-state index contributed by atoms with van der Waals surface area (Å²) in [6.45, 7) is 7.98. The molecule has 0 spiro atoms. The van der Waals surface area contributed by atoms with Crippen LogP contribution < -0.4 is 9.47 Å². The topological polar surface area (TPSA) is 59.1 Å². The zero-order valence-corrected chi connectivity index (χ0v) is 14.3. The minimum absolute atomic E-state index is 0.0506. The molecule has 6 nitrogen and oxygen atoms in total. The van der Waals surface area contributed by atoms with Crippen LogP contribution in [0.5, 0.6) is 11.5 Å². The van der Waals surface area contributed by atoms with Crippen LogP contribution in [0.4, 0.5) is 0 Å². The molecule has 6 heteroatoms. The van der Waals surface area contributed by atoms with Crippen LogP contribution in [-0.2, 0) is 4.79 Å². The van der Waals surface area contributed by atoms with Crippen molar-refractivity contribution in [2.45, 2.75) is 13.3 Å². The van der Waals surface area contributed by atoms with E-state index in [9.17, 15) is 9.59 Å². The standard InChI is InChI=1S/C18H24N2O4/c1-4-12-24-16-7-6-15(13-17(16)23-3)18(22)20-9-5-8-19(10-11-20)14(2)21/h4,6-7,13H,1,5,8-12H2,2-3H3. The van der Waals surface area contributed by atoms with Gasteiger partial charge in [-0.15, -0.1) is 0 Å². The van der Waals surface area contributed by atoms with Crippen molar-refractivity contribution in [1.82, 2.24) is 9.80 Å². The quantitative estimate of drug-likeness (QED) is 0.774. The van der Waals surface area contributed by atoms with Gasteiger partial charge in [-0.05, 0) is 24.6 Å². The number of benzene rings is 1. The second kappa shape index (κ2) is 8.38. The number of carbonyl (C=O) groups excluding carboxylic acids is 2. The molecule has 0 saturated carbocycles. The fourth-order valence-electron chi connectivity index (χ4n) is 2.69. The van der Waals surface area contributed by atoms with Crippen LogP contribution in [0.2, 0.25) is 0 Å². The average Bonchev–Trinajstić information content (AvgIpc) is 2.85. The molecule has 1 fully saturated rings. The predicted molar refractivity (Wildman–Crippen MR) is 91.5 cm³/mol. The number of nitrogens with zero attached hydrogens (tertiary/aromatic N) is 2. The highest BCUT2D eigenvalue weighted by atomic mass is 16.5. The van der Waals surface area contributed by atoms with E-state index in [4.69, 9.17) is 9.47 Å². The van der Waals surface area contributed by atoms with Gasteiger partial charge in [0.2, 0.25) is 5.91 Å². The Morgan fingerprint density at radius 1 is 1.17 bits per heavy atom. The van der Waals surface area contributed by atoms with Crippen molar-refractivity contribution in [3.05, 3.63) is 36.4 Å². The molecular formula is C18H24N2O4. The van der Waals surface area contributed by atoms with E-state index in [2.05, 4.69) is 6.58 Å². The second-order valence-corrected chi connectivity index (χ2v) is 5.62. The lowest BCUT2D eigenvalue weighted by Gasteiger charge is -2.22. The smallest absolute Gasteiger partial charge is 0.254 e. The van der Waals surface area contributed by atoms with Crippen molar-refractivity contribution >= 4 is 11.8 Å². The van der Waals surface area contributed by atoms with Gasteiger partial charge in [0.05, 0.1) is 7.11 Å². The first kappa shape index (κ1) is 17.8. The third-order valence-electron chi connectivity index (χ3n) is 4.00. The van der Waals surface area contributed by atoms with E-state index in [0.29, 0.717) is 49.8 Å². The van der Waals surface area contributed by atoms with Gasteiger partial charge in [0, 0.05) is 38.7 Å². The lowest BCUT2D eigenvalue weighted by Crippen LogP contribution is -2.36. The Labute approximate surface area is 142 Å². The Kier molecular flexibility index (Phi) is 6.23. The molecule has 24 heavy (non-hydrogen) atoms. The summed E-state index contributed by atoms with van der Waals surface area (Å²) in [6, 6.07) is 5.15. The number of hydrogen-bond donors (Lipinski definition) is 0. The highest BCUT2D eigenvalue weighted by Gasteiger charge is 2.22. The molecule has 0 aromatic heterocycles. The molecule has 2 rings (SSSR count). The van der Waals surface area contributed by atoms with Gasteiger partial charge in [-0.2, -0.15) is 0 Å². The molecule has 1 aliphatic rings. The number of hydrogen-bond acceptors (Lipinski definition) is 4. The lowest BCUT2D eigenvalue weighted by atomic mass is 10.1. The SMILES string of the molecule is C=CCOc1ccc(C(=O)N2CCCN(C(C)=O)CC2)cc1OC. The summed E-state index contributed by atoms with van der Waals surface area (Å²) in [6.07, 6.45) is 2.43. The third-order valence-corrected chi connectivity index (χ3v) is 4.00. The molecule has 0 N–H and O–H groups in total. The molecule has 1 aliphatic heterocycles. The van der Waals surface area contributed by atoms with Crippen LogP contribution in [0.15, 0.2) is 30.9 Å². The molecule has 130 valence electrons.